The van der Waals surface area contributed by atoms with Gasteiger partial charge in [-0.1, -0.05) is 0 Å². The van der Waals surface area contributed by atoms with Crippen LogP contribution in [0, 0.1) is 0 Å². The number of nitrogens with zero attached hydrogens (tertiary/aromatic N) is 2. The van der Waals surface area contributed by atoms with Gasteiger partial charge in [-0.2, -0.15) is 4.98 Å². The number of anilines is 2. The molecule has 1 aromatic rings. The van der Waals surface area contributed by atoms with Crippen molar-refractivity contribution in [3.05, 3.63) is 11.8 Å². The van der Waals surface area contributed by atoms with Crippen LogP contribution < -0.4 is 16.4 Å². The summed E-state index contributed by atoms with van der Waals surface area (Å²) in [5, 5.41) is 6.54. The van der Waals surface area contributed by atoms with Crippen molar-refractivity contribution in [2.75, 3.05) is 23.8 Å². The highest BCUT2D eigenvalue weighted by Gasteiger charge is 2.22. The summed E-state index contributed by atoms with van der Waals surface area (Å²) in [5.41, 5.74) is 5.72. The fourth-order valence-electron chi connectivity index (χ4n) is 2.52. The lowest BCUT2D eigenvalue weighted by Gasteiger charge is -2.28. The van der Waals surface area contributed by atoms with E-state index in [0.717, 1.165) is 32.3 Å². The minimum atomic E-state index is -0.510. The predicted molar refractivity (Wildman–Crippen MR) is 79.3 cm³/mol. The van der Waals surface area contributed by atoms with E-state index in [2.05, 4.69) is 20.6 Å². The summed E-state index contributed by atoms with van der Waals surface area (Å²) in [7, 11) is 0. The number of hydrogen-bond acceptors (Lipinski definition) is 6. The maximum atomic E-state index is 11.5. The van der Waals surface area contributed by atoms with Gasteiger partial charge in [-0.25, -0.2) is 4.98 Å². The zero-order chi connectivity index (χ0) is 14.7. The summed E-state index contributed by atoms with van der Waals surface area (Å²) < 4.78 is 5.43. The van der Waals surface area contributed by atoms with Crippen LogP contribution in [-0.4, -0.2) is 41.2 Å². The molecular weight excluding hydrogens is 270 g/mol. The summed E-state index contributed by atoms with van der Waals surface area (Å²) in [5.74, 6) is 0.531. The van der Waals surface area contributed by atoms with Crippen molar-refractivity contribution in [2.45, 2.75) is 44.2 Å². The fourth-order valence-corrected chi connectivity index (χ4v) is 2.52. The Kier molecular flexibility index (Phi) is 4.19. The summed E-state index contributed by atoms with van der Waals surface area (Å²) in [6.45, 7) is 1.47. The number of primary amides is 1. The van der Waals surface area contributed by atoms with Crippen LogP contribution in [0.1, 0.15) is 42.5 Å². The Bertz CT molecular complexity index is 512. The number of nitrogens with one attached hydrogen (secondary N) is 2. The molecule has 7 nitrogen and oxygen atoms in total. The number of amides is 1. The van der Waals surface area contributed by atoms with Gasteiger partial charge in [0.25, 0.3) is 5.91 Å². The zero-order valence-corrected chi connectivity index (χ0v) is 12.0. The first kappa shape index (κ1) is 14.1. The number of aromatic nitrogens is 2. The number of hydrogen-bond donors (Lipinski definition) is 3. The topological polar surface area (TPSA) is 102 Å². The molecule has 0 radical (unpaired) electrons. The van der Waals surface area contributed by atoms with E-state index < -0.39 is 5.91 Å². The van der Waals surface area contributed by atoms with Crippen molar-refractivity contribution < 1.29 is 9.53 Å². The molecule has 2 aliphatic rings. The molecule has 4 N–H and O–H groups in total. The van der Waals surface area contributed by atoms with Crippen molar-refractivity contribution in [3.8, 4) is 0 Å². The predicted octanol–water partition coefficient (Wildman–Crippen LogP) is 1.13. The first-order chi connectivity index (χ1) is 10.2. The Morgan fingerprint density at radius 1 is 1.24 bits per heavy atom. The monoisotopic (exact) mass is 291 g/mol. The van der Waals surface area contributed by atoms with Crippen LogP contribution in [0.3, 0.4) is 0 Å². The average molecular weight is 291 g/mol. The van der Waals surface area contributed by atoms with Crippen molar-refractivity contribution >= 4 is 17.7 Å². The van der Waals surface area contributed by atoms with Crippen LogP contribution in [0.5, 0.6) is 0 Å². The highest BCUT2D eigenvalue weighted by molar-refractivity contribution is 5.97. The van der Waals surface area contributed by atoms with Crippen LogP contribution in [-0.2, 0) is 4.74 Å². The van der Waals surface area contributed by atoms with E-state index in [1.807, 2.05) is 0 Å². The van der Waals surface area contributed by atoms with Gasteiger partial charge in [0.05, 0.1) is 18.2 Å². The molecule has 114 valence electrons. The van der Waals surface area contributed by atoms with Gasteiger partial charge in [0.2, 0.25) is 5.95 Å². The highest BCUT2D eigenvalue weighted by atomic mass is 16.5. The largest absolute Gasteiger partial charge is 0.379 e. The molecule has 1 aliphatic carbocycles. The molecule has 0 aromatic carbocycles. The third-order valence-corrected chi connectivity index (χ3v) is 3.99. The van der Waals surface area contributed by atoms with E-state index >= 15 is 0 Å². The Morgan fingerprint density at radius 3 is 2.67 bits per heavy atom. The second kappa shape index (κ2) is 6.26. The van der Waals surface area contributed by atoms with Gasteiger partial charge in [-0.15, -0.1) is 0 Å². The molecule has 3 rings (SSSR count). The number of ether oxygens (including phenoxy) is 1. The standard InChI is InChI=1S/C14H21N5O2/c15-12(20)11-7-16-14(18-10-5-2-6-21-8-10)19-13(11)17-9-3-1-4-9/h7,9-10H,1-6,8H2,(H2,15,20)(H2,16,17,18,19). The summed E-state index contributed by atoms with van der Waals surface area (Å²) in [6, 6.07) is 0.596. The van der Waals surface area contributed by atoms with Crippen LogP contribution in [0.15, 0.2) is 6.20 Å². The lowest BCUT2D eigenvalue weighted by atomic mass is 9.93. The van der Waals surface area contributed by atoms with Crippen molar-refractivity contribution in [1.82, 2.24) is 9.97 Å². The van der Waals surface area contributed by atoms with Crippen molar-refractivity contribution in [3.63, 3.8) is 0 Å². The minimum Gasteiger partial charge on any atom is -0.379 e. The third-order valence-electron chi connectivity index (χ3n) is 3.99. The summed E-state index contributed by atoms with van der Waals surface area (Å²) in [6.07, 6.45) is 6.96. The van der Waals surface area contributed by atoms with Gasteiger partial charge < -0.3 is 21.1 Å². The Morgan fingerprint density at radius 2 is 2.05 bits per heavy atom. The highest BCUT2D eigenvalue weighted by Crippen LogP contribution is 2.24. The van der Waals surface area contributed by atoms with Crippen molar-refractivity contribution in [1.29, 1.82) is 0 Å². The van der Waals surface area contributed by atoms with Crippen LogP contribution in [0.25, 0.3) is 0 Å². The maximum absolute atomic E-state index is 11.5. The van der Waals surface area contributed by atoms with E-state index in [-0.39, 0.29) is 6.04 Å². The van der Waals surface area contributed by atoms with Crippen molar-refractivity contribution in [2.24, 2.45) is 5.73 Å². The van der Waals surface area contributed by atoms with Crippen LogP contribution >= 0.6 is 0 Å². The van der Waals surface area contributed by atoms with E-state index in [1.165, 1.54) is 12.6 Å². The smallest absolute Gasteiger partial charge is 0.254 e. The average Bonchev–Trinajstić information content (AvgIpc) is 2.44. The van der Waals surface area contributed by atoms with Crippen LogP contribution in [0.2, 0.25) is 0 Å². The second-order valence-electron chi connectivity index (χ2n) is 5.65. The normalized spacial score (nSPS) is 22.4. The van der Waals surface area contributed by atoms with Gasteiger partial charge in [0.15, 0.2) is 0 Å². The molecule has 21 heavy (non-hydrogen) atoms. The molecule has 0 bridgehead atoms. The number of carbonyl (C=O) groups is 1. The minimum absolute atomic E-state index is 0.217. The molecule has 1 aliphatic heterocycles. The molecule has 0 spiro atoms. The Labute approximate surface area is 123 Å². The molecule has 1 saturated carbocycles. The number of carbonyl (C=O) groups excluding carboxylic acids is 1. The molecule has 1 unspecified atom stereocenters. The van der Waals surface area contributed by atoms with Gasteiger partial charge >= 0.3 is 0 Å². The van der Waals surface area contributed by atoms with Gasteiger partial charge in [0.1, 0.15) is 5.82 Å². The van der Waals surface area contributed by atoms with Gasteiger partial charge in [-0.3, -0.25) is 4.79 Å². The Hall–Kier alpha value is -1.89. The lowest BCUT2D eigenvalue weighted by Crippen LogP contribution is -2.32. The summed E-state index contributed by atoms with van der Waals surface area (Å²) >= 11 is 0. The molecule has 7 heteroatoms. The quantitative estimate of drug-likeness (QED) is 0.751. The van der Waals surface area contributed by atoms with E-state index in [1.54, 1.807) is 0 Å². The SMILES string of the molecule is NC(=O)c1cnc(NC2CCCOC2)nc1NC1CCC1. The lowest BCUT2D eigenvalue weighted by molar-refractivity contribution is 0.0874. The molecule has 1 amide bonds. The zero-order valence-electron chi connectivity index (χ0n) is 12.0. The summed E-state index contributed by atoms with van der Waals surface area (Å²) in [4.78, 5) is 20.1. The van der Waals surface area contributed by atoms with Crippen LogP contribution in [0.4, 0.5) is 11.8 Å². The maximum Gasteiger partial charge on any atom is 0.254 e. The molecule has 1 atom stereocenters. The molecule has 1 aromatic heterocycles. The number of rotatable bonds is 5. The molecule has 2 heterocycles. The molecule has 2 fully saturated rings. The van der Waals surface area contributed by atoms with E-state index in [0.29, 0.717) is 30.0 Å². The Balaban J connectivity index is 1.74. The first-order valence-corrected chi connectivity index (χ1v) is 7.50. The molecule has 1 saturated heterocycles. The second-order valence-corrected chi connectivity index (χ2v) is 5.65. The first-order valence-electron chi connectivity index (χ1n) is 7.50. The third kappa shape index (κ3) is 3.41. The van der Waals surface area contributed by atoms with Gasteiger partial charge in [-0.05, 0) is 32.1 Å². The fraction of sp³-hybridized carbons (Fsp3) is 0.643. The number of nitrogens with two attached hydrogens (primary N) is 1. The van der Waals surface area contributed by atoms with E-state index in [4.69, 9.17) is 10.5 Å². The molecular formula is C14H21N5O2. The van der Waals surface area contributed by atoms with E-state index in [9.17, 15) is 4.79 Å². The van der Waals surface area contributed by atoms with Gasteiger partial charge in [0, 0.05) is 18.8 Å².